The van der Waals surface area contributed by atoms with E-state index in [1.807, 2.05) is 6.20 Å². The summed E-state index contributed by atoms with van der Waals surface area (Å²) in [7, 11) is 0. The lowest BCUT2D eigenvalue weighted by atomic mass is 9.97. The summed E-state index contributed by atoms with van der Waals surface area (Å²) in [6.07, 6.45) is 1.96. The fraction of sp³-hybridized carbons (Fsp3) is 0.286. The van der Waals surface area contributed by atoms with E-state index >= 15 is 0 Å². The molecule has 0 amide bonds. The molecule has 2 nitrogen and oxygen atoms in total. The molecule has 0 unspecified atom stereocenters. The van der Waals surface area contributed by atoms with Crippen LogP contribution in [0.2, 0.25) is 0 Å². The van der Waals surface area contributed by atoms with E-state index in [1.165, 1.54) is 44.5 Å². The van der Waals surface area contributed by atoms with Gasteiger partial charge in [-0.15, -0.1) is 12.4 Å². The fourth-order valence-corrected chi connectivity index (χ4v) is 3.73. The fourth-order valence-electron chi connectivity index (χ4n) is 3.73. The van der Waals surface area contributed by atoms with Crippen LogP contribution in [0.15, 0.2) is 30.5 Å². The molecule has 0 aliphatic rings. The van der Waals surface area contributed by atoms with Gasteiger partial charge in [-0.05, 0) is 63.8 Å². The van der Waals surface area contributed by atoms with Gasteiger partial charge >= 0.3 is 0 Å². The molecule has 1 heterocycles. The molecular weight excluding hydrogens is 316 g/mol. The van der Waals surface area contributed by atoms with Crippen LogP contribution in [0, 0.1) is 41.5 Å². The molecule has 0 radical (unpaired) electrons. The van der Waals surface area contributed by atoms with Crippen LogP contribution in [0.4, 0.5) is 0 Å². The molecule has 0 aliphatic heterocycles. The first-order valence-electron chi connectivity index (χ1n) is 8.08. The van der Waals surface area contributed by atoms with Crippen LogP contribution in [0.1, 0.15) is 33.4 Å². The number of aromatic amines is 1. The highest BCUT2D eigenvalue weighted by Crippen LogP contribution is 2.31. The zero-order valence-corrected chi connectivity index (χ0v) is 16.1. The Morgan fingerprint density at radius 3 is 1.54 bits per heavy atom. The van der Waals surface area contributed by atoms with Crippen molar-refractivity contribution in [2.45, 2.75) is 41.5 Å². The third kappa shape index (κ3) is 3.25. The first-order valence-corrected chi connectivity index (χ1v) is 8.08. The maximum atomic E-state index is 4.66. The third-order valence-electron chi connectivity index (χ3n) is 4.44. The van der Waals surface area contributed by atoms with E-state index in [-0.39, 0.29) is 12.4 Å². The molecule has 2 aromatic carbocycles. The summed E-state index contributed by atoms with van der Waals surface area (Å²) in [5.41, 5.74) is 11.3. The van der Waals surface area contributed by atoms with Gasteiger partial charge in [0.25, 0.3) is 0 Å². The highest BCUT2D eigenvalue weighted by molar-refractivity contribution is 5.85. The van der Waals surface area contributed by atoms with Crippen LogP contribution in [-0.2, 0) is 0 Å². The standard InChI is InChI=1S/C21H24N2.ClH/c1-12-7-14(3)19(15(4)8-12)18-11-22-21(23-18)20-16(5)9-13(2)10-17(20)6;/h7-11H,1-6H3,(H,22,23);1H. The molecule has 126 valence electrons. The van der Waals surface area contributed by atoms with Gasteiger partial charge < -0.3 is 4.98 Å². The lowest BCUT2D eigenvalue weighted by Gasteiger charge is -2.10. The van der Waals surface area contributed by atoms with Crippen LogP contribution < -0.4 is 0 Å². The van der Waals surface area contributed by atoms with Crippen molar-refractivity contribution in [3.05, 3.63) is 63.8 Å². The lowest BCUT2D eigenvalue weighted by Crippen LogP contribution is -1.93. The zero-order valence-electron chi connectivity index (χ0n) is 15.2. The Balaban J connectivity index is 0.00000208. The first kappa shape index (κ1) is 18.3. The van der Waals surface area contributed by atoms with Gasteiger partial charge in [-0.1, -0.05) is 35.4 Å². The summed E-state index contributed by atoms with van der Waals surface area (Å²) in [4.78, 5) is 8.20. The third-order valence-corrected chi connectivity index (χ3v) is 4.44. The summed E-state index contributed by atoms with van der Waals surface area (Å²) >= 11 is 0. The lowest BCUT2D eigenvalue weighted by molar-refractivity contribution is 1.24. The molecule has 0 atom stereocenters. The molecular formula is C21H25ClN2. The molecule has 0 spiro atoms. The van der Waals surface area contributed by atoms with Crippen LogP contribution in [0.3, 0.4) is 0 Å². The second-order valence-electron chi connectivity index (χ2n) is 6.69. The Morgan fingerprint density at radius 1 is 0.667 bits per heavy atom. The molecule has 3 rings (SSSR count). The first-order chi connectivity index (χ1) is 10.9. The Labute approximate surface area is 150 Å². The van der Waals surface area contributed by atoms with Gasteiger partial charge in [-0.3, -0.25) is 0 Å². The van der Waals surface area contributed by atoms with Crippen LogP contribution in [-0.4, -0.2) is 9.97 Å². The monoisotopic (exact) mass is 340 g/mol. The SMILES string of the molecule is Cc1cc(C)c(-c2cnc(-c3c(C)cc(C)cc3C)[nH]2)c(C)c1.Cl. The van der Waals surface area contributed by atoms with Gasteiger partial charge in [0.1, 0.15) is 5.82 Å². The van der Waals surface area contributed by atoms with Crippen molar-refractivity contribution >= 4 is 12.4 Å². The number of nitrogens with one attached hydrogen (secondary N) is 1. The molecule has 24 heavy (non-hydrogen) atoms. The summed E-state index contributed by atoms with van der Waals surface area (Å²) in [6.45, 7) is 12.9. The Morgan fingerprint density at radius 2 is 1.08 bits per heavy atom. The van der Waals surface area contributed by atoms with Gasteiger partial charge in [0.05, 0.1) is 11.9 Å². The number of imidazole rings is 1. The number of benzene rings is 2. The van der Waals surface area contributed by atoms with Crippen LogP contribution in [0.5, 0.6) is 0 Å². The highest BCUT2D eigenvalue weighted by atomic mass is 35.5. The maximum Gasteiger partial charge on any atom is 0.138 e. The molecule has 0 aliphatic carbocycles. The minimum atomic E-state index is 0. The van der Waals surface area contributed by atoms with E-state index < -0.39 is 0 Å². The molecule has 3 aromatic rings. The zero-order chi connectivity index (χ0) is 16.7. The summed E-state index contributed by atoms with van der Waals surface area (Å²) in [6, 6.07) is 8.89. The molecule has 0 saturated carbocycles. The minimum absolute atomic E-state index is 0. The second-order valence-corrected chi connectivity index (χ2v) is 6.69. The Hall–Kier alpha value is -2.06. The molecule has 3 heteroatoms. The Bertz CT molecular complexity index is 773. The van der Waals surface area contributed by atoms with E-state index in [0.717, 1.165) is 11.5 Å². The predicted molar refractivity (Wildman–Crippen MR) is 105 cm³/mol. The number of hydrogen-bond donors (Lipinski definition) is 1. The number of halogens is 1. The van der Waals surface area contributed by atoms with Gasteiger partial charge in [-0.2, -0.15) is 0 Å². The van der Waals surface area contributed by atoms with Crippen molar-refractivity contribution in [1.82, 2.24) is 9.97 Å². The number of hydrogen-bond acceptors (Lipinski definition) is 1. The summed E-state index contributed by atoms with van der Waals surface area (Å²) in [5.74, 6) is 0.953. The summed E-state index contributed by atoms with van der Waals surface area (Å²) in [5, 5.41) is 0. The van der Waals surface area contributed by atoms with Gasteiger partial charge in [0, 0.05) is 11.1 Å². The van der Waals surface area contributed by atoms with Gasteiger partial charge in [-0.25, -0.2) is 4.98 Å². The van der Waals surface area contributed by atoms with Crippen LogP contribution in [0.25, 0.3) is 22.6 Å². The van der Waals surface area contributed by atoms with E-state index in [0.29, 0.717) is 0 Å². The molecule has 1 aromatic heterocycles. The smallest absolute Gasteiger partial charge is 0.138 e. The van der Waals surface area contributed by atoms with Crippen molar-refractivity contribution in [1.29, 1.82) is 0 Å². The quantitative estimate of drug-likeness (QED) is 0.607. The number of aryl methyl sites for hydroxylation is 6. The largest absolute Gasteiger partial charge is 0.338 e. The topological polar surface area (TPSA) is 28.7 Å². The van der Waals surface area contributed by atoms with E-state index in [4.69, 9.17) is 0 Å². The van der Waals surface area contributed by atoms with Gasteiger partial charge in [0.2, 0.25) is 0 Å². The normalized spacial score (nSPS) is 10.6. The maximum absolute atomic E-state index is 4.66. The molecule has 0 saturated heterocycles. The van der Waals surface area contributed by atoms with Gasteiger partial charge in [0.15, 0.2) is 0 Å². The highest BCUT2D eigenvalue weighted by Gasteiger charge is 2.13. The molecule has 0 bridgehead atoms. The van der Waals surface area contributed by atoms with Crippen molar-refractivity contribution < 1.29 is 0 Å². The van der Waals surface area contributed by atoms with E-state index in [9.17, 15) is 0 Å². The van der Waals surface area contributed by atoms with Crippen LogP contribution >= 0.6 is 12.4 Å². The Kier molecular flexibility index (Phi) is 5.19. The van der Waals surface area contributed by atoms with Crippen molar-refractivity contribution in [2.24, 2.45) is 0 Å². The average Bonchev–Trinajstić information content (AvgIpc) is 2.85. The predicted octanol–water partition coefficient (Wildman–Crippen LogP) is 6.02. The number of H-pyrrole nitrogens is 1. The van der Waals surface area contributed by atoms with Crippen molar-refractivity contribution in [3.63, 3.8) is 0 Å². The van der Waals surface area contributed by atoms with Crippen molar-refractivity contribution in [2.75, 3.05) is 0 Å². The number of aromatic nitrogens is 2. The number of nitrogens with zero attached hydrogens (tertiary/aromatic N) is 1. The van der Waals surface area contributed by atoms with E-state index in [2.05, 4.69) is 75.8 Å². The van der Waals surface area contributed by atoms with E-state index in [1.54, 1.807) is 0 Å². The minimum Gasteiger partial charge on any atom is -0.338 e. The average molecular weight is 341 g/mol. The molecule has 0 fully saturated rings. The number of rotatable bonds is 2. The van der Waals surface area contributed by atoms with Crippen molar-refractivity contribution in [3.8, 4) is 22.6 Å². The second kappa shape index (κ2) is 6.82. The molecule has 1 N–H and O–H groups in total. The summed E-state index contributed by atoms with van der Waals surface area (Å²) < 4.78 is 0.